The number of anilines is 1. The molecule has 0 bridgehead atoms. The number of benzene rings is 2. The van der Waals surface area contributed by atoms with Crippen molar-refractivity contribution in [3.05, 3.63) is 53.6 Å². The highest BCUT2D eigenvalue weighted by Gasteiger charge is 2.25. The normalized spacial score (nSPS) is 11.8. The Morgan fingerprint density at radius 1 is 1.22 bits per heavy atom. The number of nitrogens with one attached hydrogen (secondary N) is 1. The maximum absolute atomic E-state index is 12.6. The topological polar surface area (TPSA) is 126 Å². The molecule has 2 aromatic carbocycles. The van der Waals surface area contributed by atoms with E-state index < -0.39 is 34.5 Å². The Morgan fingerprint density at radius 3 is 2.50 bits per heavy atom. The maximum Gasteiger partial charge on any atom is 0.324 e. The quantitative estimate of drug-likeness (QED) is 0.519. The van der Waals surface area contributed by atoms with Crippen LogP contribution in [-0.2, 0) is 24.3 Å². The first-order valence-corrected chi connectivity index (χ1v) is 11.3. The summed E-state index contributed by atoms with van der Waals surface area (Å²) in [6.45, 7) is 0.747. The molecule has 9 nitrogen and oxygen atoms in total. The molecular formula is C21H22ClN3O6S. The van der Waals surface area contributed by atoms with Crippen LogP contribution in [0.5, 0.6) is 5.75 Å². The van der Waals surface area contributed by atoms with E-state index in [0.717, 1.165) is 0 Å². The minimum atomic E-state index is -4.00. The summed E-state index contributed by atoms with van der Waals surface area (Å²) in [6.07, 6.45) is 0.0598. The van der Waals surface area contributed by atoms with Crippen LogP contribution in [0, 0.1) is 11.3 Å². The van der Waals surface area contributed by atoms with Gasteiger partial charge in [0.05, 0.1) is 24.5 Å². The second-order valence-corrected chi connectivity index (χ2v) is 8.71. The molecular weight excluding hydrogens is 458 g/mol. The van der Waals surface area contributed by atoms with E-state index in [9.17, 15) is 18.0 Å². The van der Waals surface area contributed by atoms with Gasteiger partial charge >= 0.3 is 5.97 Å². The number of halogens is 1. The van der Waals surface area contributed by atoms with Crippen molar-refractivity contribution >= 4 is 39.2 Å². The molecule has 170 valence electrons. The fourth-order valence-corrected chi connectivity index (χ4v) is 4.02. The van der Waals surface area contributed by atoms with E-state index in [1.54, 1.807) is 24.3 Å². The molecule has 11 heteroatoms. The summed E-state index contributed by atoms with van der Waals surface area (Å²) < 4.78 is 37.1. The van der Waals surface area contributed by atoms with Crippen LogP contribution < -0.4 is 14.4 Å². The second-order valence-electron chi connectivity index (χ2n) is 6.56. The van der Waals surface area contributed by atoms with Crippen LogP contribution in [0.15, 0.2) is 53.4 Å². The Hall–Kier alpha value is -3.13. The van der Waals surface area contributed by atoms with Gasteiger partial charge in [-0.2, -0.15) is 9.98 Å². The van der Waals surface area contributed by atoms with Gasteiger partial charge in [0.2, 0.25) is 10.0 Å². The van der Waals surface area contributed by atoms with Crippen molar-refractivity contribution in [1.29, 1.82) is 5.26 Å². The van der Waals surface area contributed by atoms with Crippen LogP contribution >= 0.6 is 11.6 Å². The number of hydrogen-bond donors (Lipinski definition) is 1. The van der Waals surface area contributed by atoms with Crippen LogP contribution in [-0.4, -0.2) is 46.6 Å². The highest BCUT2D eigenvalue weighted by atomic mass is 35.5. The van der Waals surface area contributed by atoms with Crippen molar-refractivity contribution in [1.82, 2.24) is 4.72 Å². The van der Waals surface area contributed by atoms with Gasteiger partial charge in [0, 0.05) is 17.3 Å². The molecule has 0 fully saturated rings. The third-order valence-corrected chi connectivity index (χ3v) is 6.05. The van der Waals surface area contributed by atoms with Crippen LogP contribution in [0.4, 0.5) is 5.69 Å². The second kappa shape index (κ2) is 11.5. The molecule has 2 rings (SSSR count). The molecule has 1 atom stereocenters. The molecule has 0 spiro atoms. The van der Waals surface area contributed by atoms with Crippen molar-refractivity contribution in [2.45, 2.75) is 24.3 Å². The van der Waals surface area contributed by atoms with E-state index in [2.05, 4.69) is 4.72 Å². The van der Waals surface area contributed by atoms with E-state index >= 15 is 0 Å². The molecule has 1 unspecified atom stereocenters. The summed E-state index contributed by atoms with van der Waals surface area (Å²) in [5.41, 5.74) is 0.446. The molecule has 0 aliphatic heterocycles. The van der Waals surface area contributed by atoms with Crippen LogP contribution in [0.1, 0.15) is 13.3 Å². The largest absolute Gasteiger partial charge is 0.497 e. The molecule has 1 amide bonds. The monoisotopic (exact) mass is 479 g/mol. The summed E-state index contributed by atoms with van der Waals surface area (Å²) in [5, 5.41) is 9.25. The Bertz CT molecular complexity index is 1100. The Balaban J connectivity index is 2.00. The number of nitriles is 1. The minimum absolute atomic E-state index is 0.0577. The summed E-state index contributed by atoms with van der Waals surface area (Å²) in [4.78, 5) is 26.1. The van der Waals surface area contributed by atoms with Gasteiger partial charge in [0.1, 0.15) is 11.8 Å². The van der Waals surface area contributed by atoms with Gasteiger partial charge in [-0.3, -0.25) is 9.59 Å². The standard InChI is InChI=1S/C21H22ClN3O6S/c1-15(24-32(28,29)19-9-7-18(30-2)8-10-19)21(27)31-14-20(26)25(12-4-11-23)17-6-3-5-16(22)13-17/h3,5-10,13,15,24H,4,12,14H2,1-2H3. The van der Waals surface area contributed by atoms with Gasteiger partial charge in [-0.15, -0.1) is 0 Å². The third kappa shape index (κ3) is 6.95. The SMILES string of the molecule is COc1ccc(S(=O)(=O)NC(C)C(=O)OCC(=O)N(CCC#N)c2cccc(Cl)c2)cc1. The number of carbonyl (C=O) groups excluding carboxylic acids is 2. The lowest BCUT2D eigenvalue weighted by molar-refractivity contribution is -0.149. The van der Waals surface area contributed by atoms with E-state index in [1.807, 2.05) is 6.07 Å². The number of amides is 1. The van der Waals surface area contributed by atoms with Gasteiger partial charge < -0.3 is 14.4 Å². The molecule has 0 saturated carbocycles. The summed E-state index contributed by atoms with van der Waals surface area (Å²) in [6, 6.07) is 12.8. The molecule has 0 aliphatic rings. The molecule has 0 aromatic heterocycles. The number of methoxy groups -OCH3 is 1. The van der Waals surface area contributed by atoms with Crippen LogP contribution in [0.2, 0.25) is 5.02 Å². The lowest BCUT2D eigenvalue weighted by atomic mass is 10.2. The predicted molar refractivity (Wildman–Crippen MR) is 118 cm³/mol. The summed E-state index contributed by atoms with van der Waals surface area (Å²) in [5.74, 6) is -1.03. The lowest BCUT2D eigenvalue weighted by Crippen LogP contribution is -2.41. The Labute approximate surface area is 191 Å². The smallest absolute Gasteiger partial charge is 0.324 e. The number of nitrogens with zero attached hydrogens (tertiary/aromatic N) is 2. The molecule has 0 saturated heterocycles. The van der Waals surface area contributed by atoms with E-state index in [1.165, 1.54) is 43.2 Å². The number of hydrogen-bond acceptors (Lipinski definition) is 7. The fourth-order valence-electron chi connectivity index (χ4n) is 2.64. The average Bonchev–Trinajstić information content (AvgIpc) is 2.77. The van der Waals surface area contributed by atoms with Gasteiger partial charge in [-0.25, -0.2) is 8.42 Å². The molecule has 0 heterocycles. The number of carbonyl (C=O) groups is 2. The van der Waals surface area contributed by atoms with Crippen molar-refractivity contribution in [3.8, 4) is 11.8 Å². The molecule has 0 radical (unpaired) electrons. The number of esters is 1. The predicted octanol–water partition coefficient (Wildman–Crippen LogP) is 2.51. The number of rotatable bonds is 10. The zero-order valence-electron chi connectivity index (χ0n) is 17.4. The Kier molecular flexibility index (Phi) is 9.02. The van der Waals surface area contributed by atoms with E-state index in [4.69, 9.17) is 26.3 Å². The first kappa shape index (κ1) is 25.1. The van der Waals surface area contributed by atoms with Gasteiger partial charge in [0.25, 0.3) is 5.91 Å². The lowest BCUT2D eigenvalue weighted by Gasteiger charge is -2.22. The third-order valence-electron chi connectivity index (χ3n) is 4.26. The highest BCUT2D eigenvalue weighted by molar-refractivity contribution is 7.89. The minimum Gasteiger partial charge on any atom is -0.497 e. The van der Waals surface area contributed by atoms with Gasteiger partial charge in [0.15, 0.2) is 6.61 Å². The average molecular weight is 480 g/mol. The molecule has 32 heavy (non-hydrogen) atoms. The van der Waals surface area contributed by atoms with Crippen molar-refractivity contribution in [2.24, 2.45) is 0 Å². The fraction of sp³-hybridized carbons (Fsp3) is 0.286. The molecule has 1 N–H and O–H groups in total. The van der Waals surface area contributed by atoms with E-state index in [-0.39, 0.29) is 17.9 Å². The van der Waals surface area contributed by atoms with Gasteiger partial charge in [-0.1, -0.05) is 17.7 Å². The van der Waals surface area contributed by atoms with Gasteiger partial charge in [-0.05, 0) is 49.4 Å². The zero-order chi connectivity index (χ0) is 23.7. The Morgan fingerprint density at radius 2 is 1.91 bits per heavy atom. The number of ether oxygens (including phenoxy) is 2. The number of sulfonamides is 1. The van der Waals surface area contributed by atoms with Crippen molar-refractivity contribution in [2.75, 3.05) is 25.2 Å². The molecule has 0 aliphatic carbocycles. The van der Waals surface area contributed by atoms with Crippen LogP contribution in [0.3, 0.4) is 0 Å². The first-order valence-electron chi connectivity index (χ1n) is 9.44. The highest BCUT2D eigenvalue weighted by Crippen LogP contribution is 2.20. The van der Waals surface area contributed by atoms with E-state index in [0.29, 0.717) is 16.5 Å². The molecule has 2 aromatic rings. The zero-order valence-corrected chi connectivity index (χ0v) is 19.0. The first-order chi connectivity index (χ1) is 15.2. The van der Waals surface area contributed by atoms with Crippen molar-refractivity contribution in [3.63, 3.8) is 0 Å². The van der Waals surface area contributed by atoms with Crippen molar-refractivity contribution < 1.29 is 27.5 Å². The summed E-state index contributed by atoms with van der Waals surface area (Å²) in [7, 11) is -2.54. The summed E-state index contributed by atoms with van der Waals surface area (Å²) >= 11 is 5.97. The maximum atomic E-state index is 12.6. The van der Waals surface area contributed by atoms with Crippen LogP contribution in [0.25, 0.3) is 0 Å².